The van der Waals surface area contributed by atoms with Gasteiger partial charge in [-0.25, -0.2) is 9.97 Å². The maximum Gasteiger partial charge on any atom is 0.278 e. The lowest BCUT2D eigenvalue weighted by atomic mass is 10.5. The minimum atomic E-state index is -0.262. The molecule has 2 heterocycles. The molecule has 2 aromatic heterocycles. The van der Waals surface area contributed by atoms with Gasteiger partial charge in [0.25, 0.3) is 5.56 Å². The van der Waals surface area contributed by atoms with Gasteiger partial charge >= 0.3 is 0 Å². The highest BCUT2D eigenvalue weighted by molar-refractivity contribution is 5.68. The number of fused-ring (bicyclic) bond motifs is 1. The third-order valence-corrected chi connectivity index (χ3v) is 1.75. The number of H-pyrrole nitrogens is 1. The summed E-state index contributed by atoms with van der Waals surface area (Å²) in [6.07, 6.45) is 2.81. The fraction of sp³-hybridized carbons (Fsp3) is 0.286. The number of imidazole rings is 1. The number of hydrogen-bond acceptors (Lipinski definition) is 4. The van der Waals surface area contributed by atoms with Gasteiger partial charge in [-0.15, -0.1) is 0 Å². The summed E-state index contributed by atoms with van der Waals surface area (Å²) in [6, 6.07) is 0. The summed E-state index contributed by atoms with van der Waals surface area (Å²) >= 11 is 0. The van der Waals surface area contributed by atoms with Crippen LogP contribution in [-0.4, -0.2) is 31.2 Å². The van der Waals surface area contributed by atoms with E-state index in [2.05, 4.69) is 15.0 Å². The summed E-state index contributed by atoms with van der Waals surface area (Å²) in [7, 11) is 0. The van der Waals surface area contributed by atoms with Crippen molar-refractivity contribution in [3.05, 3.63) is 23.0 Å². The molecule has 13 heavy (non-hydrogen) atoms. The van der Waals surface area contributed by atoms with Crippen LogP contribution in [0.5, 0.6) is 0 Å². The Morgan fingerprint density at radius 1 is 1.54 bits per heavy atom. The van der Waals surface area contributed by atoms with Crippen molar-refractivity contribution < 1.29 is 5.11 Å². The molecule has 6 nitrogen and oxygen atoms in total. The van der Waals surface area contributed by atoms with E-state index in [1.165, 1.54) is 12.7 Å². The molecule has 2 aromatic rings. The Kier molecular flexibility index (Phi) is 1.82. The Labute approximate surface area is 72.9 Å². The largest absolute Gasteiger partial charge is 0.395 e. The molecule has 68 valence electrons. The molecule has 2 N–H and O–H groups in total. The molecule has 0 aliphatic heterocycles. The van der Waals surface area contributed by atoms with Gasteiger partial charge in [0, 0.05) is 6.54 Å². The average molecular weight is 180 g/mol. The molecule has 0 aliphatic carbocycles. The van der Waals surface area contributed by atoms with Crippen LogP contribution in [0.3, 0.4) is 0 Å². The summed E-state index contributed by atoms with van der Waals surface area (Å²) in [5, 5.41) is 8.70. The van der Waals surface area contributed by atoms with E-state index >= 15 is 0 Å². The van der Waals surface area contributed by atoms with Crippen LogP contribution in [-0.2, 0) is 6.54 Å². The monoisotopic (exact) mass is 180 g/mol. The molecular formula is C7H8N4O2. The molecule has 0 saturated carbocycles. The van der Waals surface area contributed by atoms with Crippen LogP contribution in [0.1, 0.15) is 0 Å². The molecule has 0 radical (unpaired) electrons. The van der Waals surface area contributed by atoms with Crippen molar-refractivity contribution in [1.29, 1.82) is 0 Å². The number of nitrogens with zero attached hydrogens (tertiary/aromatic N) is 3. The van der Waals surface area contributed by atoms with E-state index in [0.717, 1.165) is 0 Å². The van der Waals surface area contributed by atoms with Crippen molar-refractivity contribution in [3.63, 3.8) is 0 Å². The number of hydrogen-bond donors (Lipinski definition) is 2. The van der Waals surface area contributed by atoms with Gasteiger partial charge in [0.2, 0.25) is 0 Å². The van der Waals surface area contributed by atoms with Crippen molar-refractivity contribution in [3.8, 4) is 0 Å². The van der Waals surface area contributed by atoms with Crippen LogP contribution < -0.4 is 5.56 Å². The number of aromatic amines is 1. The van der Waals surface area contributed by atoms with E-state index in [1.54, 1.807) is 4.57 Å². The topological polar surface area (TPSA) is 83.8 Å². The van der Waals surface area contributed by atoms with Crippen LogP contribution in [0.2, 0.25) is 0 Å². The van der Waals surface area contributed by atoms with Crippen LogP contribution in [0.15, 0.2) is 17.4 Å². The van der Waals surface area contributed by atoms with Crippen molar-refractivity contribution in [1.82, 2.24) is 19.5 Å². The molecular weight excluding hydrogens is 172 g/mol. The summed E-state index contributed by atoms with van der Waals surface area (Å²) in [5.41, 5.74) is 0.537. The zero-order valence-corrected chi connectivity index (χ0v) is 6.77. The lowest BCUT2D eigenvalue weighted by Gasteiger charge is -1.97. The number of nitrogens with one attached hydrogen (secondary N) is 1. The Morgan fingerprint density at radius 3 is 3.15 bits per heavy atom. The standard InChI is InChI=1S/C7H8N4O2/c12-2-1-11-4-10-5-6(11)8-3-9-7(5)13/h3-4,12H,1-2H2,(H,8,9,13). The number of aliphatic hydroxyl groups excluding tert-OH is 1. The third-order valence-electron chi connectivity index (χ3n) is 1.75. The molecule has 0 fully saturated rings. The van der Waals surface area contributed by atoms with E-state index in [-0.39, 0.29) is 12.2 Å². The summed E-state index contributed by atoms with van der Waals surface area (Å²) in [6.45, 7) is 0.396. The first-order chi connectivity index (χ1) is 6.33. The lowest BCUT2D eigenvalue weighted by Crippen LogP contribution is -2.08. The second-order valence-electron chi connectivity index (χ2n) is 2.57. The van der Waals surface area contributed by atoms with Crippen molar-refractivity contribution in [2.75, 3.05) is 6.61 Å². The highest BCUT2D eigenvalue weighted by Crippen LogP contribution is 2.02. The average Bonchev–Trinajstić information content (AvgIpc) is 2.51. The van der Waals surface area contributed by atoms with Crippen molar-refractivity contribution in [2.24, 2.45) is 0 Å². The van der Waals surface area contributed by atoms with Gasteiger partial charge in [0.15, 0.2) is 11.2 Å². The van der Waals surface area contributed by atoms with Crippen LogP contribution in [0.25, 0.3) is 11.2 Å². The molecule has 0 aromatic carbocycles. The van der Waals surface area contributed by atoms with Crippen molar-refractivity contribution in [2.45, 2.75) is 6.54 Å². The fourth-order valence-corrected chi connectivity index (χ4v) is 1.16. The highest BCUT2D eigenvalue weighted by atomic mass is 16.3. The third kappa shape index (κ3) is 1.20. The quantitative estimate of drug-likeness (QED) is 0.628. The molecule has 0 aliphatic rings. The summed E-state index contributed by atoms with van der Waals surface area (Å²) in [4.78, 5) is 21.4. The molecule has 0 amide bonds. The summed E-state index contributed by atoms with van der Waals surface area (Å²) in [5.74, 6) is 0. The summed E-state index contributed by atoms with van der Waals surface area (Å²) < 4.78 is 1.63. The first-order valence-corrected chi connectivity index (χ1v) is 3.82. The van der Waals surface area contributed by atoms with Gasteiger partial charge in [-0.05, 0) is 0 Å². The zero-order valence-electron chi connectivity index (χ0n) is 6.77. The van der Waals surface area contributed by atoms with E-state index in [1.807, 2.05) is 0 Å². The first-order valence-electron chi connectivity index (χ1n) is 3.82. The maximum atomic E-state index is 11.2. The minimum absolute atomic E-state index is 0.0000605. The lowest BCUT2D eigenvalue weighted by molar-refractivity contribution is 0.277. The molecule has 0 saturated heterocycles. The van der Waals surface area contributed by atoms with E-state index in [0.29, 0.717) is 17.7 Å². The predicted molar refractivity (Wildman–Crippen MR) is 45.2 cm³/mol. The molecule has 0 bridgehead atoms. The Morgan fingerprint density at radius 2 is 2.38 bits per heavy atom. The second-order valence-corrected chi connectivity index (χ2v) is 2.57. The van der Waals surface area contributed by atoms with Gasteiger partial charge in [-0.3, -0.25) is 4.79 Å². The molecule has 6 heteroatoms. The highest BCUT2D eigenvalue weighted by Gasteiger charge is 2.05. The van der Waals surface area contributed by atoms with Crippen LogP contribution in [0, 0.1) is 0 Å². The minimum Gasteiger partial charge on any atom is -0.395 e. The van der Waals surface area contributed by atoms with Gasteiger partial charge < -0.3 is 14.7 Å². The normalized spacial score (nSPS) is 10.8. The van der Waals surface area contributed by atoms with E-state index < -0.39 is 0 Å². The van der Waals surface area contributed by atoms with Gasteiger partial charge in [-0.1, -0.05) is 0 Å². The molecule has 0 spiro atoms. The first kappa shape index (κ1) is 7.93. The maximum absolute atomic E-state index is 11.2. The Hall–Kier alpha value is -1.69. The van der Waals surface area contributed by atoms with Crippen molar-refractivity contribution >= 4 is 11.2 Å². The number of rotatable bonds is 2. The van der Waals surface area contributed by atoms with Gasteiger partial charge in [0.1, 0.15) is 0 Å². The molecule has 2 rings (SSSR count). The van der Waals surface area contributed by atoms with Crippen LogP contribution >= 0.6 is 0 Å². The van der Waals surface area contributed by atoms with Crippen LogP contribution in [0.4, 0.5) is 0 Å². The molecule has 0 unspecified atom stereocenters. The smallest absolute Gasteiger partial charge is 0.278 e. The van der Waals surface area contributed by atoms with E-state index in [4.69, 9.17) is 5.11 Å². The van der Waals surface area contributed by atoms with Gasteiger partial charge in [-0.2, -0.15) is 0 Å². The fourth-order valence-electron chi connectivity index (χ4n) is 1.16. The number of aromatic nitrogens is 4. The van der Waals surface area contributed by atoms with E-state index in [9.17, 15) is 4.79 Å². The molecule has 0 atom stereocenters. The predicted octanol–water partition coefficient (Wildman–Crippen LogP) is -0.888. The zero-order chi connectivity index (χ0) is 9.26. The Balaban J connectivity index is 2.68. The van der Waals surface area contributed by atoms with Gasteiger partial charge in [0.05, 0.1) is 19.3 Å². The SMILES string of the molecule is O=c1[nH]cnc2c1ncn2CCO. The Bertz CT molecular complexity index is 473. The second kappa shape index (κ2) is 2.98. The number of aliphatic hydroxyl groups is 1.